The Balaban J connectivity index is 2.47. The Morgan fingerprint density at radius 2 is 2.00 bits per heavy atom. The molecule has 0 amide bonds. The standard InChI is InChI=1S/C14H24F2N2OS/c1-9(17-6-7-19-8-11(15)16)12-10(2)18-13(20-12)14(3,4)5/h9,11,17H,6-8H2,1-5H3. The van der Waals surface area contributed by atoms with Gasteiger partial charge in [-0.3, -0.25) is 0 Å². The molecular formula is C14H24F2N2OS. The Morgan fingerprint density at radius 1 is 1.35 bits per heavy atom. The second-order valence-electron chi connectivity index (χ2n) is 5.86. The summed E-state index contributed by atoms with van der Waals surface area (Å²) in [6.07, 6.45) is -2.40. The number of aromatic nitrogens is 1. The van der Waals surface area contributed by atoms with Crippen molar-refractivity contribution in [1.29, 1.82) is 0 Å². The predicted molar refractivity (Wildman–Crippen MR) is 78.8 cm³/mol. The van der Waals surface area contributed by atoms with Crippen molar-refractivity contribution in [2.24, 2.45) is 0 Å². The average Bonchev–Trinajstić information content (AvgIpc) is 2.70. The SMILES string of the molecule is Cc1nc(C(C)(C)C)sc1C(C)NCCOCC(F)F. The summed E-state index contributed by atoms with van der Waals surface area (Å²) in [6.45, 7) is 10.8. The van der Waals surface area contributed by atoms with Gasteiger partial charge in [0, 0.05) is 22.9 Å². The molecule has 0 fully saturated rings. The summed E-state index contributed by atoms with van der Waals surface area (Å²) < 4.78 is 28.6. The van der Waals surface area contributed by atoms with Crippen LogP contribution >= 0.6 is 11.3 Å². The van der Waals surface area contributed by atoms with Crippen LogP contribution in [0.4, 0.5) is 8.78 Å². The lowest BCUT2D eigenvalue weighted by Gasteiger charge is -2.14. The second kappa shape index (κ2) is 7.43. The van der Waals surface area contributed by atoms with E-state index in [0.717, 1.165) is 10.7 Å². The third kappa shape index (κ3) is 5.42. The first-order valence-corrected chi connectivity index (χ1v) is 7.60. The van der Waals surface area contributed by atoms with E-state index in [0.29, 0.717) is 13.2 Å². The van der Waals surface area contributed by atoms with Gasteiger partial charge in [0.1, 0.15) is 6.61 Å². The monoisotopic (exact) mass is 306 g/mol. The van der Waals surface area contributed by atoms with Crippen LogP contribution in [0.1, 0.15) is 49.3 Å². The molecule has 1 N–H and O–H groups in total. The van der Waals surface area contributed by atoms with Crippen molar-refractivity contribution in [2.75, 3.05) is 19.8 Å². The minimum Gasteiger partial charge on any atom is -0.374 e. The zero-order valence-electron chi connectivity index (χ0n) is 12.8. The summed E-state index contributed by atoms with van der Waals surface area (Å²) in [7, 11) is 0. The van der Waals surface area contributed by atoms with Gasteiger partial charge in [0.2, 0.25) is 0 Å². The van der Waals surface area contributed by atoms with Gasteiger partial charge in [0.25, 0.3) is 6.43 Å². The molecule has 0 radical (unpaired) electrons. The van der Waals surface area contributed by atoms with E-state index in [-0.39, 0.29) is 11.5 Å². The lowest BCUT2D eigenvalue weighted by molar-refractivity contribution is 0.0183. The van der Waals surface area contributed by atoms with Crippen molar-refractivity contribution in [3.63, 3.8) is 0 Å². The number of hydrogen-bond donors (Lipinski definition) is 1. The van der Waals surface area contributed by atoms with Crippen molar-refractivity contribution >= 4 is 11.3 Å². The van der Waals surface area contributed by atoms with Crippen LogP contribution < -0.4 is 5.32 Å². The van der Waals surface area contributed by atoms with Gasteiger partial charge in [0.05, 0.1) is 17.3 Å². The lowest BCUT2D eigenvalue weighted by Crippen LogP contribution is -2.24. The van der Waals surface area contributed by atoms with Gasteiger partial charge < -0.3 is 10.1 Å². The molecule has 0 saturated carbocycles. The maximum atomic E-state index is 11.9. The molecule has 0 aromatic carbocycles. The largest absolute Gasteiger partial charge is 0.374 e. The fourth-order valence-electron chi connectivity index (χ4n) is 1.74. The summed E-state index contributed by atoms with van der Waals surface area (Å²) in [5, 5.41) is 4.40. The van der Waals surface area contributed by atoms with E-state index < -0.39 is 13.0 Å². The molecule has 116 valence electrons. The van der Waals surface area contributed by atoms with E-state index in [4.69, 9.17) is 4.74 Å². The highest BCUT2D eigenvalue weighted by Gasteiger charge is 2.22. The highest BCUT2D eigenvalue weighted by Crippen LogP contribution is 2.32. The Labute approximate surface area is 123 Å². The molecule has 0 aliphatic carbocycles. The highest BCUT2D eigenvalue weighted by molar-refractivity contribution is 7.12. The van der Waals surface area contributed by atoms with Crippen LogP contribution in [0.2, 0.25) is 0 Å². The van der Waals surface area contributed by atoms with Crippen molar-refractivity contribution in [2.45, 2.75) is 52.5 Å². The van der Waals surface area contributed by atoms with E-state index in [1.807, 2.05) is 6.92 Å². The molecule has 0 aliphatic rings. The van der Waals surface area contributed by atoms with Gasteiger partial charge >= 0.3 is 0 Å². The minimum atomic E-state index is -2.40. The fraction of sp³-hybridized carbons (Fsp3) is 0.786. The van der Waals surface area contributed by atoms with Crippen LogP contribution in [0, 0.1) is 6.92 Å². The van der Waals surface area contributed by atoms with Crippen molar-refractivity contribution < 1.29 is 13.5 Å². The molecule has 0 bridgehead atoms. The summed E-state index contributed by atoms with van der Waals surface area (Å²) in [5.74, 6) is 0. The maximum Gasteiger partial charge on any atom is 0.261 e. The van der Waals surface area contributed by atoms with Crippen molar-refractivity contribution in [1.82, 2.24) is 10.3 Å². The smallest absolute Gasteiger partial charge is 0.261 e. The van der Waals surface area contributed by atoms with Crippen molar-refractivity contribution in [3.8, 4) is 0 Å². The maximum absolute atomic E-state index is 11.9. The Hall–Kier alpha value is -0.590. The molecule has 1 atom stereocenters. The first kappa shape index (κ1) is 17.5. The lowest BCUT2D eigenvalue weighted by atomic mass is 9.98. The van der Waals surface area contributed by atoms with Gasteiger partial charge in [-0.05, 0) is 13.8 Å². The topological polar surface area (TPSA) is 34.2 Å². The van der Waals surface area contributed by atoms with Crippen LogP contribution in [-0.2, 0) is 10.2 Å². The molecule has 20 heavy (non-hydrogen) atoms. The number of ether oxygens (including phenoxy) is 1. The van der Waals surface area contributed by atoms with Gasteiger partial charge in [-0.1, -0.05) is 20.8 Å². The van der Waals surface area contributed by atoms with Gasteiger partial charge in [0.15, 0.2) is 0 Å². The van der Waals surface area contributed by atoms with Crippen LogP contribution in [-0.4, -0.2) is 31.2 Å². The third-order valence-electron chi connectivity index (χ3n) is 2.81. The van der Waals surface area contributed by atoms with Gasteiger partial charge in [-0.15, -0.1) is 11.3 Å². The quantitative estimate of drug-likeness (QED) is 0.780. The predicted octanol–water partition coefficient (Wildman–Crippen LogP) is 3.68. The molecule has 6 heteroatoms. The Kier molecular flexibility index (Phi) is 6.48. The molecule has 1 aromatic rings. The Bertz CT molecular complexity index is 416. The number of nitrogens with zero attached hydrogens (tertiary/aromatic N) is 1. The van der Waals surface area contributed by atoms with E-state index in [9.17, 15) is 8.78 Å². The number of aryl methyl sites for hydroxylation is 1. The third-order valence-corrected chi connectivity index (χ3v) is 4.57. The first-order valence-electron chi connectivity index (χ1n) is 6.79. The number of rotatable bonds is 7. The van der Waals surface area contributed by atoms with Crippen LogP contribution in [0.3, 0.4) is 0 Å². The first-order chi connectivity index (χ1) is 9.21. The van der Waals surface area contributed by atoms with Crippen LogP contribution in [0.5, 0.6) is 0 Å². The molecule has 3 nitrogen and oxygen atoms in total. The average molecular weight is 306 g/mol. The van der Waals surface area contributed by atoms with E-state index in [1.165, 1.54) is 4.88 Å². The zero-order chi connectivity index (χ0) is 15.3. The number of nitrogens with one attached hydrogen (secondary N) is 1. The molecule has 0 aliphatic heterocycles. The summed E-state index contributed by atoms with van der Waals surface area (Å²) in [4.78, 5) is 5.82. The van der Waals surface area contributed by atoms with Crippen LogP contribution in [0.15, 0.2) is 0 Å². The fourth-order valence-corrected chi connectivity index (χ4v) is 2.89. The summed E-state index contributed by atoms with van der Waals surface area (Å²) in [5.41, 5.74) is 1.08. The molecule has 1 aromatic heterocycles. The van der Waals surface area contributed by atoms with Gasteiger partial charge in [-0.2, -0.15) is 0 Å². The molecule has 0 spiro atoms. The van der Waals surface area contributed by atoms with E-state index in [1.54, 1.807) is 11.3 Å². The molecule has 1 heterocycles. The summed E-state index contributed by atoms with van der Waals surface area (Å²) >= 11 is 1.71. The van der Waals surface area contributed by atoms with Gasteiger partial charge in [-0.25, -0.2) is 13.8 Å². The number of halogens is 2. The Morgan fingerprint density at radius 3 is 2.50 bits per heavy atom. The molecular weight excluding hydrogens is 282 g/mol. The van der Waals surface area contributed by atoms with Crippen molar-refractivity contribution in [3.05, 3.63) is 15.6 Å². The summed E-state index contributed by atoms with van der Waals surface area (Å²) in [6, 6.07) is 0.152. The van der Waals surface area contributed by atoms with E-state index in [2.05, 4.69) is 38.0 Å². The second-order valence-corrected chi connectivity index (χ2v) is 6.89. The molecule has 1 unspecified atom stereocenters. The minimum absolute atomic E-state index is 0.0494. The zero-order valence-corrected chi connectivity index (χ0v) is 13.6. The number of hydrogen-bond acceptors (Lipinski definition) is 4. The molecule has 1 rings (SSSR count). The number of thiazole rings is 1. The molecule has 0 saturated heterocycles. The van der Waals surface area contributed by atoms with E-state index >= 15 is 0 Å². The normalized spacial score (nSPS) is 14.0. The highest BCUT2D eigenvalue weighted by atomic mass is 32.1. The van der Waals surface area contributed by atoms with Crippen LogP contribution in [0.25, 0.3) is 0 Å². The number of alkyl halides is 2.